The maximum absolute atomic E-state index is 4.65. The first kappa shape index (κ1) is 14.8. The summed E-state index contributed by atoms with van der Waals surface area (Å²) < 4.78 is 2.76. The van der Waals surface area contributed by atoms with Crippen LogP contribution in [0.15, 0.2) is 16.4 Å². The van der Waals surface area contributed by atoms with Gasteiger partial charge in [-0.3, -0.25) is 0 Å². The average molecular weight is 390 g/mol. The van der Waals surface area contributed by atoms with Crippen LogP contribution < -0.4 is 0 Å². The largest absolute Gasteiger partial charge is 0.345 e. The lowest BCUT2D eigenvalue weighted by molar-refractivity contribution is 0.873. The van der Waals surface area contributed by atoms with Crippen molar-refractivity contribution in [3.05, 3.63) is 33.1 Å². The molecule has 23 heavy (non-hydrogen) atoms. The summed E-state index contributed by atoms with van der Waals surface area (Å²) in [6.07, 6.45) is 3.65. The number of thiazole rings is 1. The molecule has 0 saturated heterocycles. The molecule has 7 heteroatoms. The van der Waals surface area contributed by atoms with E-state index in [-0.39, 0.29) is 0 Å². The van der Waals surface area contributed by atoms with Gasteiger partial charge in [-0.1, -0.05) is 25.2 Å². The minimum atomic E-state index is 0.374. The number of nitrogens with one attached hydrogen (secondary N) is 1. The second kappa shape index (κ2) is 5.14. The highest BCUT2D eigenvalue weighted by molar-refractivity contribution is 9.11. The summed E-state index contributed by atoms with van der Waals surface area (Å²) in [5.41, 5.74) is 7.89. The van der Waals surface area contributed by atoms with Crippen molar-refractivity contribution < 1.29 is 0 Å². The Morgan fingerprint density at radius 3 is 2.78 bits per heavy atom. The van der Waals surface area contributed by atoms with Gasteiger partial charge in [-0.2, -0.15) is 5.10 Å². The second-order valence-corrected chi connectivity index (χ2v) is 8.31. The van der Waals surface area contributed by atoms with Crippen molar-refractivity contribution in [1.29, 1.82) is 0 Å². The van der Waals surface area contributed by atoms with E-state index >= 15 is 0 Å². The third kappa shape index (κ3) is 2.14. The molecular formula is C16H16BrN5S. The molecule has 0 amide bonds. The number of halogens is 1. The Kier molecular flexibility index (Phi) is 3.32. The topological polar surface area (TPSA) is 58.9 Å². The molecule has 0 radical (unpaired) electrons. The van der Waals surface area contributed by atoms with E-state index < -0.39 is 0 Å². The van der Waals surface area contributed by atoms with Gasteiger partial charge in [-0.15, -0.1) is 0 Å². The van der Waals surface area contributed by atoms with Gasteiger partial charge in [-0.05, 0) is 46.8 Å². The van der Waals surface area contributed by atoms with Crippen LogP contribution in [0.1, 0.15) is 36.5 Å². The van der Waals surface area contributed by atoms with E-state index in [0.29, 0.717) is 5.92 Å². The van der Waals surface area contributed by atoms with E-state index in [1.807, 2.05) is 4.52 Å². The SMILES string of the molecule is Cc1c(-c2[nH]c3sc(Br)nc3c2C(C)C)cn2ncnc2c1C. The van der Waals surface area contributed by atoms with Crippen LogP contribution in [-0.4, -0.2) is 24.6 Å². The third-order valence-corrected chi connectivity index (χ3v) is 5.76. The number of hydrogen-bond acceptors (Lipinski definition) is 4. The van der Waals surface area contributed by atoms with E-state index in [0.717, 1.165) is 36.7 Å². The van der Waals surface area contributed by atoms with Gasteiger partial charge in [-0.25, -0.2) is 14.5 Å². The Morgan fingerprint density at radius 1 is 1.26 bits per heavy atom. The van der Waals surface area contributed by atoms with Gasteiger partial charge in [0.15, 0.2) is 9.56 Å². The Morgan fingerprint density at radius 2 is 2.04 bits per heavy atom. The smallest absolute Gasteiger partial charge is 0.161 e. The molecule has 1 N–H and O–H groups in total. The molecule has 0 saturated carbocycles. The molecule has 4 heterocycles. The first-order valence-electron chi connectivity index (χ1n) is 7.45. The molecular weight excluding hydrogens is 374 g/mol. The molecule has 5 nitrogen and oxygen atoms in total. The van der Waals surface area contributed by atoms with Gasteiger partial charge >= 0.3 is 0 Å². The monoisotopic (exact) mass is 389 g/mol. The first-order chi connectivity index (χ1) is 11.0. The first-order valence-corrected chi connectivity index (χ1v) is 9.06. The standard InChI is InChI=1S/C16H16BrN5S/c1-7(2)11-12(20-15-13(11)21-16(17)23-15)10-5-22-14(18-6-19-22)9(4)8(10)3/h5-7,20H,1-4H3. The van der Waals surface area contributed by atoms with Gasteiger partial charge in [0.2, 0.25) is 0 Å². The summed E-state index contributed by atoms with van der Waals surface area (Å²) in [5.74, 6) is 0.374. The summed E-state index contributed by atoms with van der Waals surface area (Å²) in [6, 6.07) is 0. The van der Waals surface area contributed by atoms with E-state index in [1.54, 1.807) is 17.7 Å². The number of H-pyrrole nitrogens is 1. The predicted octanol–water partition coefficient (Wildman–Crippen LogP) is 4.84. The molecule has 0 unspecified atom stereocenters. The van der Waals surface area contributed by atoms with Crippen LogP contribution in [0.3, 0.4) is 0 Å². The lowest BCUT2D eigenvalue weighted by Gasteiger charge is -2.13. The molecule has 4 aromatic rings. The molecule has 0 spiro atoms. The van der Waals surface area contributed by atoms with E-state index in [1.165, 1.54) is 11.1 Å². The summed E-state index contributed by atoms with van der Waals surface area (Å²) in [5, 5.41) is 4.31. The highest BCUT2D eigenvalue weighted by atomic mass is 79.9. The summed E-state index contributed by atoms with van der Waals surface area (Å²) in [4.78, 5) is 13.7. The summed E-state index contributed by atoms with van der Waals surface area (Å²) in [7, 11) is 0. The number of fused-ring (bicyclic) bond motifs is 2. The lowest BCUT2D eigenvalue weighted by atomic mass is 9.96. The molecule has 0 aliphatic carbocycles. The van der Waals surface area contributed by atoms with Crippen LogP contribution in [0.2, 0.25) is 0 Å². The number of aryl methyl sites for hydroxylation is 1. The molecule has 0 atom stereocenters. The van der Waals surface area contributed by atoms with Crippen molar-refractivity contribution in [2.24, 2.45) is 0 Å². The Hall–Kier alpha value is -1.73. The number of pyridine rings is 1. The minimum Gasteiger partial charge on any atom is -0.345 e. The Labute approximate surface area is 145 Å². The quantitative estimate of drug-likeness (QED) is 0.533. The summed E-state index contributed by atoms with van der Waals surface area (Å²) >= 11 is 5.12. The number of nitrogens with zero attached hydrogens (tertiary/aromatic N) is 4. The molecule has 0 bridgehead atoms. The molecule has 0 aliphatic rings. The third-order valence-electron chi connectivity index (χ3n) is 4.34. The fourth-order valence-corrected chi connectivity index (χ4v) is 4.46. The highest BCUT2D eigenvalue weighted by Crippen LogP contribution is 2.40. The number of aromatic nitrogens is 5. The lowest BCUT2D eigenvalue weighted by Crippen LogP contribution is -1.99. The fraction of sp³-hybridized carbons (Fsp3) is 0.312. The van der Waals surface area contributed by atoms with Crippen LogP contribution in [-0.2, 0) is 0 Å². The van der Waals surface area contributed by atoms with Gasteiger partial charge < -0.3 is 4.98 Å². The van der Waals surface area contributed by atoms with E-state index in [2.05, 4.69) is 69.9 Å². The highest BCUT2D eigenvalue weighted by Gasteiger charge is 2.22. The van der Waals surface area contributed by atoms with Gasteiger partial charge in [0.05, 0.1) is 5.69 Å². The van der Waals surface area contributed by atoms with Crippen LogP contribution in [0.4, 0.5) is 0 Å². The maximum Gasteiger partial charge on any atom is 0.161 e. The average Bonchev–Trinajstić information content (AvgIpc) is 3.15. The normalized spacial score (nSPS) is 12.1. The Balaban J connectivity index is 2.07. The molecule has 0 aromatic carbocycles. The van der Waals surface area contributed by atoms with Crippen molar-refractivity contribution in [2.45, 2.75) is 33.6 Å². The van der Waals surface area contributed by atoms with Crippen LogP contribution in [0.25, 0.3) is 27.3 Å². The molecule has 0 aliphatic heterocycles. The molecule has 0 fully saturated rings. The molecule has 4 aromatic heterocycles. The number of rotatable bonds is 2. The molecule has 118 valence electrons. The van der Waals surface area contributed by atoms with Crippen molar-refractivity contribution in [1.82, 2.24) is 24.6 Å². The number of hydrogen-bond donors (Lipinski definition) is 1. The zero-order valence-corrected chi connectivity index (χ0v) is 15.7. The van der Waals surface area contributed by atoms with Crippen LogP contribution in [0.5, 0.6) is 0 Å². The predicted molar refractivity (Wildman–Crippen MR) is 97.2 cm³/mol. The van der Waals surface area contributed by atoms with E-state index in [9.17, 15) is 0 Å². The van der Waals surface area contributed by atoms with Gasteiger partial charge in [0, 0.05) is 17.3 Å². The zero-order valence-electron chi connectivity index (χ0n) is 13.3. The fourth-order valence-electron chi connectivity index (χ4n) is 3.09. The second-order valence-electron chi connectivity index (χ2n) is 6.03. The van der Waals surface area contributed by atoms with Crippen molar-refractivity contribution in [3.8, 4) is 11.3 Å². The van der Waals surface area contributed by atoms with Crippen LogP contribution >= 0.6 is 27.3 Å². The van der Waals surface area contributed by atoms with E-state index in [4.69, 9.17) is 0 Å². The maximum atomic E-state index is 4.65. The van der Waals surface area contributed by atoms with Crippen LogP contribution in [0, 0.1) is 13.8 Å². The molecule has 4 rings (SSSR count). The zero-order chi connectivity index (χ0) is 16.3. The van der Waals surface area contributed by atoms with Crippen molar-refractivity contribution in [3.63, 3.8) is 0 Å². The minimum absolute atomic E-state index is 0.374. The Bertz CT molecular complexity index is 1040. The van der Waals surface area contributed by atoms with Gasteiger partial charge in [0.1, 0.15) is 16.7 Å². The summed E-state index contributed by atoms with van der Waals surface area (Å²) in [6.45, 7) is 8.64. The van der Waals surface area contributed by atoms with Crippen molar-refractivity contribution in [2.75, 3.05) is 0 Å². The van der Waals surface area contributed by atoms with Crippen molar-refractivity contribution >= 4 is 43.3 Å². The van der Waals surface area contributed by atoms with Gasteiger partial charge in [0.25, 0.3) is 0 Å². The number of aromatic amines is 1.